The largest absolute Gasteiger partial charge is 0.444 e. The number of aryl methyl sites for hydroxylation is 1. The van der Waals surface area contributed by atoms with Crippen molar-refractivity contribution < 1.29 is 14.3 Å². The van der Waals surface area contributed by atoms with E-state index in [0.29, 0.717) is 24.4 Å². The fourth-order valence-electron chi connectivity index (χ4n) is 5.05. The molecule has 0 saturated carbocycles. The van der Waals surface area contributed by atoms with Gasteiger partial charge in [0, 0.05) is 32.1 Å². The van der Waals surface area contributed by atoms with E-state index in [0.717, 1.165) is 36.9 Å². The normalized spacial score (nSPS) is 22.6. The first-order valence-electron chi connectivity index (χ1n) is 11.6. The predicted molar refractivity (Wildman–Crippen MR) is 122 cm³/mol. The number of aromatic nitrogens is 2. The van der Waals surface area contributed by atoms with Crippen molar-refractivity contribution in [3.05, 3.63) is 53.3 Å². The Morgan fingerprint density at radius 3 is 2.41 bits per heavy atom. The van der Waals surface area contributed by atoms with Crippen molar-refractivity contribution in [3.8, 4) is 0 Å². The zero-order chi connectivity index (χ0) is 22.9. The Balaban J connectivity index is 1.35. The van der Waals surface area contributed by atoms with Crippen molar-refractivity contribution in [2.24, 2.45) is 13.0 Å². The van der Waals surface area contributed by atoms with Crippen LogP contribution in [-0.4, -0.2) is 50.9 Å². The van der Waals surface area contributed by atoms with Gasteiger partial charge in [0.1, 0.15) is 5.60 Å². The number of fused-ring (bicyclic) bond motifs is 2. The molecule has 172 valence electrons. The molecule has 2 saturated heterocycles. The number of benzene rings is 1. The Hall–Kier alpha value is -2.83. The zero-order valence-corrected chi connectivity index (χ0v) is 19.5. The number of carbonyl (C=O) groups excluding carboxylic acids is 2. The Morgan fingerprint density at radius 2 is 1.78 bits per heavy atom. The van der Waals surface area contributed by atoms with Gasteiger partial charge in [-0.25, -0.2) is 4.79 Å². The first kappa shape index (κ1) is 22.4. The number of piperidine rings is 1. The minimum atomic E-state index is -0.484. The molecule has 0 spiro atoms. The highest BCUT2D eigenvalue weighted by molar-refractivity contribution is 5.95. The van der Waals surface area contributed by atoms with Crippen LogP contribution in [0.5, 0.6) is 0 Å². The Labute approximate surface area is 190 Å². The average molecular weight is 439 g/mol. The lowest BCUT2D eigenvalue weighted by atomic mass is 9.91. The smallest absolute Gasteiger partial charge is 0.410 e. The van der Waals surface area contributed by atoms with E-state index in [9.17, 15) is 9.59 Å². The molecule has 2 aliphatic heterocycles. The van der Waals surface area contributed by atoms with Gasteiger partial charge in [-0.2, -0.15) is 5.10 Å². The summed E-state index contributed by atoms with van der Waals surface area (Å²) in [6, 6.07) is 10.5. The van der Waals surface area contributed by atoms with E-state index in [4.69, 9.17) is 4.74 Å². The molecule has 32 heavy (non-hydrogen) atoms. The van der Waals surface area contributed by atoms with Crippen LogP contribution in [0.1, 0.15) is 68.1 Å². The minimum Gasteiger partial charge on any atom is -0.444 e. The fourth-order valence-corrected chi connectivity index (χ4v) is 5.05. The molecule has 3 atom stereocenters. The molecule has 1 aromatic heterocycles. The number of ether oxygens (including phenoxy) is 1. The number of rotatable bonds is 5. The van der Waals surface area contributed by atoms with Gasteiger partial charge < -0.3 is 15.0 Å². The van der Waals surface area contributed by atoms with Gasteiger partial charge in [-0.15, -0.1) is 0 Å². The van der Waals surface area contributed by atoms with E-state index in [2.05, 4.69) is 22.5 Å². The lowest BCUT2D eigenvalue weighted by Crippen LogP contribution is -2.50. The number of hydrogen-bond donors (Lipinski definition) is 1. The zero-order valence-electron chi connectivity index (χ0n) is 19.5. The van der Waals surface area contributed by atoms with Gasteiger partial charge >= 0.3 is 6.09 Å². The first-order valence-corrected chi connectivity index (χ1v) is 11.6. The van der Waals surface area contributed by atoms with Crippen molar-refractivity contribution in [3.63, 3.8) is 0 Å². The van der Waals surface area contributed by atoms with E-state index >= 15 is 0 Å². The predicted octanol–water partition coefficient (Wildman–Crippen LogP) is 3.92. The van der Waals surface area contributed by atoms with Crippen LogP contribution in [0.4, 0.5) is 4.79 Å². The summed E-state index contributed by atoms with van der Waals surface area (Å²) in [6.07, 6.45) is 5.95. The molecule has 2 amide bonds. The number of nitrogens with zero attached hydrogens (tertiary/aromatic N) is 3. The number of hydrogen-bond acceptors (Lipinski definition) is 4. The van der Waals surface area contributed by atoms with Gasteiger partial charge in [0.25, 0.3) is 5.91 Å². The van der Waals surface area contributed by atoms with Crippen molar-refractivity contribution in [1.82, 2.24) is 20.0 Å². The monoisotopic (exact) mass is 438 g/mol. The maximum Gasteiger partial charge on any atom is 0.410 e. The van der Waals surface area contributed by atoms with E-state index < -0.39 is 5.60 Å². The van der Waals surface area contributed by atoms with Gasteiger partial charge in [-0.05, 0) is 57.9 Å². The second-order valence-electron chi connectivity index (χ2n) is 10.1. The summed E-state index contributed by atoms with van der Waals surface area (Å²) < 4.78 is 7.40. The third-order valence-electron chi connectivity index (χ3n) is 6.51. The van der Waals surface area contributed by atoms with Crippen LogP contribution in [0.3, 0.4) is 0 Å². The summed E-state index contributed by atoms with van der Waals surface area (Å²) in [6.45, 7) is 6.33. The van der Waals surface area contributed by atoms with Gasteiger partial charge in [0.2, 0.25) is 0 Å². The molecule has 1 aromatic carbocycles. The quantitative estimate of drug-likeness (QED) is 0.768. The Kier molecular flexibility index (Phi) is 6.26. The number of amides is 2. The third kappa shape index (κ3) is 4.97. The van der Waals surface area contributed by atoms with Gasteiger partial charge in [0.05, 0.1) is 17.5 Å². The Bertz CT molecular complexity index is 949. The molecular weight excluding hydrogens is 404 g/mol. The van der Waals surface area contributed by atoms with E-state index in [1.165, 1.54) is 0 Å². The second-order valence-corrected chi connectivity index (χ2v) is 10.1. The molecule has 7 nitrogen and oxygen atoms in total. The molecule has 2 aliphatic rings. The molecule has 2 aromatic rings. The van der Waals surface area contributed by atoms with Gasteiger partial charge in [-0.1, -0.05) is 30.3 Å². The van der Waals surface area contributed by atoms with Crippen LogP contribution in [-0.2, 0) is 18.2 Å². The topological polar surface area (TPSA) is 76.5 Å². The fraction of sp³-hybridized carbons (Fsp3) is 0.560. The summed E-state index contributed by atoms with van der Waals surface area (Å²) in [5.74, 6) is 0.287. The van der Waals surface area contributed by atoms with Crippen molar-refractivity contribution in [2.75, 3.05) is 6.54 Å². The maximum atomic E-state index is 13.0. The van der Waals surface area contributed by atoms with Crippen molar-refractivity contribution in [1.29, 1.82) is 0 Å². The van der Waals surface area contributed by atoms with E-state index in [1.54, 1.807) is 10.9 Å². The van der Waals surface area contributed by atoms with Crippen molar-refractivity contribution in [2.45, 2.75) is 70.6 Å². The molecule has 0 radical (unpaired) electrons. The molecule has 7 heteroatoms. The summed E-state index contributed by atoms with van der Waals surface area (Å²) >= 11 is 0. The molecule has 1 unspecified atom stereocenters. The molecule has 2 bridgehead atoms. The summed E-state index contributed by atoms with van der Waals surface area (Å²) in [5, 5.41) is 7.45. The third-order valence-corrected chi connectivity index (χ3v) is 6.51. The lowest BCUT2D eigenvalue weighted by molar-refractivity contribution is 0.00210. The maximum absolute atomic E-state index is 13.0. The van der Waals surface area contributed by atoms with Crippen LogP contribution in [0.2, 0.25) is 0 Å². The van der Waals surface area contributed by atoms with Gasteiger partial charge in [0.15, 0.2) is 0 Å². The highest BCUT2D eigenvalue weighted by Crippen LogP contribution is 2.39. The van der Waals surface area contributed by atoms with E-state index in [1.807, 2.05) is 50.9 Å². The molecule has 3 heterocycles. The molecular formula is C25H34N4O3. The first-order chi connectivity index (χ1) is 15.2. The van der Waals surface area contributed by atoms with Gasteiger partial charge in [-0.3, -0.25) is 9.48 Å². The van der Waals surface area contributed by atoms with Crippen LogP contribution in [0.25, 0.3) is 0 Å². The van der Waals surface area contributed by atoms with Crippen molar-refractivity contribution >= 4 is 12.0 Å². The lowest BCUT2D eigenvalue weighted by Gasteiger charge is -2.39. The molecule has 1 N–H and O–H groups in total. The van der Waals surface area contributed by atoms with Crippen LogP contribution in [0.15, 0.2) is 36.5 Å². The summed E-state index contributed by atoms with van der Waals surface area (Å²) in [5.41, 5.74) is 2.21. The number of carbonyl (C=O) groups is 2. The summed E-state index contributed by atoms with van der Waals surface area (Å²) in [7, 11) is 1.87. The average Bonchev–Trinajstić information content (AvgIpc) is 3.22. The van der Waals surface area contributed by atoms with Crippen LogP contribution >= 0.6 is 0 Å². The van der Waals surface area contributed by atoms with E-state index in [-0.39, 0.29) is 24.1 Å². The summed E-state index contributed by atoms with van der Waals surface area (Å²) in [4.78, 5) is 27.6. The second kappa shape index (κ2) is 8.96. The highest BCUT2D eigenvalue weighted by atomic mass is 16.6. The Morgan fingerprint density at radius 1 is 1.12 bits per heavy atom. The molecule has 4 rings (SSSR count). The number of nitrogens with one attached hydrogen (secondary N) is 1. The SMILES string of the molecule is Cn1ncc(C(=O)NCC2C[C@H]3CC[C@@H](C2)N3C(=O)OC(C)(C)C)c1Cc1ccccc1. The molecule has 2 fully saturated rings. The highest BCUT2D eigenvalue weighted by Gasteiger charge is 2.44. The molecule has 0 aliphatic carbocycles. The van der Waals surface area contributed by atoms with Crippen LogP contribution < -0.4 is 5.32 Å². The minimum absolute atomic E-state index is 0.0778. The van der Waals surface area contributed by atoms with Crippen LogP contribution in [0, 0.1) is 5.92 Å². The standard InChI is InChI=1S/C25H34N4O3/c1-25(2,3)32-24(31)29-19-10-11-20(29)13-18(12-19)15-26-23(30)21-16-27-28(4)22(21)14-17-8-6-5-7-9-17/h5-9,16,18-20H,10-15H2,1-4H3,(H,26,30)/t18?,19-,20+.